The molecule has 2 heterocycles. The zero-order valence-corrected chi connectivity index (χ0v) is 11.9. The maximum atomic E-state index is 12.7. The van der Waals surface area contributed by atoms with Gasteiger partial charge in [0.25, 0.3) is 5.91 Å². The highest BCUT2D eigenvalue weighted by Crippen LogP contribution is 2.26. The average molecular weight is 270 g/mol. The molecule has 1 aliphatic rings. The van der Waals surface area contributed by atoms with Crippen LogP contribution in [0.1, 0.15) is 50.5 Å². The Morgan fingerprint density at radius 3 is 2.61 bits per heavy atom. The zero-order chi connectivity index (χ0) is 13.3. The number of halogens is 1. The SMILES string of the molecule is CCn1ncc(Cl)c1C(=O)N1[C@H](C)CCC[C@@H]1C. The van der Waals surface area contributed by atoms with E-state index in [9.17, 15) is 4.79 Å². The fraction of sp³-hybridized carbons (Fsp3) is 0.692. The largest absolute Gasteiger partial charge is 0.332 e. The molecule has 0 unspecified atom stereocenters. The summed E-state index contributed by atoms with van der Waals surface area (Å²) in [6.45, 7) is 6.83. The molecule has 2 atom stereocenters. The van der Waals surface area contributed by atoms with Crippen molar-refractivity contribution in [2.75, 3.05) is 0 Å². The first-order valence-electron chi connectivity index (χ1n) is 6.60. The summed E-state index contributed by atoms with van der Waals surface area (Å²) < 4.78 is 1.68. The molecule has 1 fully saturated rings. The van der Waals surface area contributed by atoms with Gasteiger partial charge in [0.1, 0.15) is 5.69 Å². The van der Waals surface area contributed by atoms with Crippen molar-refractivity contribution in [2.24, 2.45) is 0 Å². The molecule has 2 rings (SSSR count). The zero-order valence-electron chi connectivity index (χ0n) is 11.2. The quantitative estimate of drug-likeness (QED) is 0.828. The number of hydrogen-bond donors (Lipinski definition) is 0. The lowest BCUT2D eigenvalue weighted by Crippen LogP contribution is -2.48. The van der Waals surface area contributed by atoms with Gasteiger partial charge < -0.3 is 4.90 Å². The minimum absolute atomic E-state index is 0.0130. The molecule has 1 aliphatic heterocycles. The van der Waals surface area contributed by atoms with Crippen LogP contribution in [0.25, 0.3) is 0 Å². The van der Waals surface area contributed by atoms with Crippen LogP contribution in [0.5, 0.6) is 0 Å². The number of aryl methyl sites for hydroxylation is 1. The normalized spacial score (nSPS) is 24.3. The van der Waals surface area contributed by atoms with E-state index in [1.54, 1.807) is 10.9 Å². The van der Waals surface area contributed by atoms with Crippen molar-refractivity contribution in [3.8, 4) is 0 Å². The van der Waals surface area contributed by atoms with Crippen LogP contribution in [0, 0.1) is 0 Å². The minimum Gasteiger partial charge on any atom is -0.332 e. The van der Waals surface area contributed by atoms with Gasteiger partial charge in [-0.05, 0) is 40.0 Å². The molecule has 1 amide bonds. The van der Waals surface area contributed by atoms with Gasteiger partial charge in [0, 0.05) is 18.6 Å². The lowest BCUT2D eigenvalue weighted by molar-refractivity contribution is 0.0498. The van der Waals surface area contributed by atoms with Crippen LogP contribution in [0.15, 0.2) is 6.20 Å². The molecule has 0 N–H and O–H groups in total. The van der Waals surface area contributed by atoms with Crippen molar-refractivity contribution in [3.05, 3.63) is 16.9 Å². The highest BCUT2D eigenvalue weighted by Gasteiger charge is 2.32. The molecule has 18 heavy (non-hydrogen) atoms. The first-order valence-corrected chi connectivity index (χ1v) is 6.98. The highest BCUT2D eigenvalue weighted by atomic mass is 35.5. The molecule has 1 aromatic heterocycles. The third kappa shape index (κ3) is 2.26. The number of likely N-dealkylation sites (tertiary alicyclic amines) is 1. The van der Waals surface area contributed by atoms with Crippen LogP contribution in [0.4, 0.5) is 0 Å². The van der Waals surface area contributed by atoms with Gasteiger partial charge in [0.2, 0.25) is 0 Å². The standard InChI is InChI=1S/C13H20ClN3O/c1-4-16-12(11(14)8-15-16)13(18)17-9(2)6-5-7-10(17)3/h8-10H,4-7H2,1-3H3/t9-,10+. The lowest BCUT2D eigenvalue weighted by atomic mass is 9.97. The van der Waals surface area contributed by atoms with Crippen LogP contribution in [-0.4, -0.2) is 32.7 Å². The molecule has 1 saturated heterocycles. The van der Waals surface area contributed by atoms with E-state index in [1.807, 2.05) is 11.8 Å². The Bertz CT molecular complexity index is 433. The maximum Gasteiger partial charge on any atom is 0.274 e. The molecule has 0 spiro atoms. The second-order valence-corrected chi connectivity index (χ2v) is 5.41. The Hall–Kier alpha value is -1.03. The summed E-state index contributed by atoms with van der Waals surface area (Å²) in [6.07, 6.45) is 4.87. The Morgan fingerprint density at radius 2 is 2.06 bits per heavy atom. The molecule has 1 aromatic rings. The summed E-state index contributed by atoms with van der Waals surface area (Å²) in [5, 5.41) is 4.59. The van der Waals surface area contributed by atoms with Gasteiger partial charge in [0.05, 0.1) is 11.2 Å². The van der Waals surface area contributed by atoms with Crippen LogP contribution in [-0.2, 0) is 6.54 Å². The summed E-state index contributed by atoms with van der Waals surface area (Å²) in [7, 11) is 0. The van der Waals surface area contributed by atoms with Crippen LogP contribution in [0.3, 0.4) is 0 Å². The van der Waals surface area contributed by atoms with E-state index in [4.69, 9.17) is 11.6 Å². The number of hydrogen-bond acceptors (Lipinski definition) is 2. The van der Waals surface area contributed by atoms with Gasteiger partial charge in [-0.1, -0.05) is 11.6 Å². The molecule has 4 nitrogen and oxygen atoms in total. The number of carbonyl (C=O) groups excluding carboxylic acids is 1. The van der Waals surface area contributed by atoms with Crippen molar-refractivity contribution in [1.82, 2.24) is 14.7 Å². The lowest BCUT2D eigenvalue weighted by Gasteiger charge is -2.39. The summed E-state index contributed by atoms with van der Waals surface area (Å²) >= 11 is 6.10. The molecule has 0 saturated carbocycles. The van der Waals surface area contributed by atoms with Crippen molar-refractivity contribution >= 4 is 17.5 Å². The number of aromatic nitrogens is 2. The van der Waals surface area contributed by atoms with Crippen molar-refractivity contribution in [1.29, 1.82) is 0 Å². The van der Waals surface area contributed by atoms with E-state index in [2.05, 4.69) is 18.9 Å². The molecule has 5 heteroatoms. The van der Waals surface area contributed by atoms with Gasteiger partial charge in [-0.15, -0.1) is 0 Å². The molecule has 0 aliphatic carbocycles. The highest BCUT2D eigenvalue weighted by molar-refractivity contribution is 6.33. The molecule has 0 aromatic carbocycles. The third-order valence-corrected chi connectivity index (χ3v) is 4.00. The third-order valence-electron chi connectivity index (χ3n) is 3.72. The van der Waals surface area contributed by atoms with E-state index in [0.717, 1.165) is 12.8 Å². The number of nitrogens with zero attached hydrogens (tertiary/aromatic N) is 3. The number of piperidine rings is 1. The van der Waals surface area contributed by atoms with Crippen molar-refractivity contribution in [2.45, 2.75) is 58.7 Å². The number of carbonyl (C=O) groups is 1. The molecule has 0 bridgehead atoms. The Balaban J connectivity index is 2.32. The monoisotopic (exact) mass is 269 g/mol. The molecular formula is C13H20ClN3O. The van der Waals surface area contributed by atoms with Crippen molar-refractivity contribution in [3.63, 3.8) is 0 Å². The fourth-order valence-electron chi connectivity index (χ4n) is 2.76. The Morgan fingerprint density at radius 1 is 1.44 bits per heavy atom. The second-order valence-electron chi connectivity index (χ2n) is 5.00. The van der Waals surface area contributed by atoms with Gasteiger partial charge in [-0.3, -0.25) is 9.48 Å². The van der Waals surface area contributed by atoms with E-state index in [0.29, 0.717) is 17.3 Å². The topological polar surface area (TPSA) is 38.1 Å². The minimum atomic E-state index is 0.0130. The Kier molecular flexibility index (Phi) is 3.95. The van der Waals surface area contributed by atoms with E-state index >= 15 is 0 Å². The average Bonchev–Trinajstić information content (AvgIpc) is 2.70. The number of amides is 1. The maximum absolute atomic E-state index is 12.7. The van der Waals surface area contributed by atoms with Crippen LogP contribution < -0.4 is 0 Å². The predicted molar refractivity (Wildman–Crippen MR) is 71.9 cm³/mol. The summed E-state index contributed by atoms with van der Waals surface area (Å²) in [5.41, 5.74) is 0.528. The first-order chi connectivity index (χ1) is 8.56. The van der Waals surface area contributed by atoms with Gasteiger partial charge in [-0.2, -0.15) is 5.10 Å². The van der Waals surface area contributed by atoms with Gasteiger partial charge in [0.15, 0.2) is 0 Å². The summed E-state index contributed by atoms with van der Waals surface area (Å²) in [4.78, 5) is 14.6. The first kappa shape index (κ1) is 13.4. The summed E-state index contributed by atoms with van der Waals surface area (Å²) in [5.74, 6) is 0.0130. The van der Waals surface area contributed by atoms with Crippen LogP contribution in [0.2, 0.25) is 5.02 Å². The second kappa shape index (κ2) is 5.31. The fourth-order valence-corrected chi connectivity index (χ4v) is 2.98. The molecule has 0 radical (unpaired) electrons. The van der Waals surface area contributed by atoms with E-state index in [1.165, 1.54) is 6.42 Å². The molecular weight excluding hydrogens is 250 g/mol. The van der Waals surface area contributed by atoms with E-state index < -0.39 is 0 Å². The van der Waals surface area contributed by atoms with Crippen LogP contribution >= 0.6 is 11.6 Å². The smallest absolute Gasteiger partial charge is 0.274 e. The summed E-state index contributed by atoms with van der Waals surface area (Å²) in [6, 6.07) is 0.551. The number of rotatable bonds is 2. The predicted octanol–water partition coefficient (Wildman–Crippen LogP) is 2.96. The van der Waals surface area contributed by atoms with E-state index in [-0.39, 0.29) is 18.0 Å². The van der Waals surface area contributed by atoms with Crippen molar-refractivity contribution < 1.29 is 4.79 Å². The Labute approximate surface area is 113 Å². The van der Waals surface area contributed by atoms with Gasteiger partial charge in [-0.25, -0.2) is 0 Å². The molecule has 100 valence electrons. The van der Waals surface area contributed by atoms with Gasteiger partial charge >= 0.3 is 0 Å².